The molecular formula is C6H13NO. The predicted molar refractivity (Wildman–Crippen MR) is 32.4 cm³/mol. The van der Waals surface area contributed by atoms with Crippen molar-refractivity contribution in [2.45, 2.75) is 25.3 Å². The van der Waals surface area contributed by atoms with E-state index in [4.69, 9.17) is 10.8 Å². The fraction of sp³-hybridized carbons (Fsp3) is 1.00. The Bertz CT molecular complexity index is 74.9. The molecule has 1 aliphatic rings. The lowest BCUT2D eigenvalue weighted by molar-refractivity contribution is 0.229. The van der Waals surface area contributed by atoms with Crippen LogP contribution in [-0.2, 0) is 0 Å². The summed E-state index contributed by atoms with van der Waals surface area (Å²) < 4.78 is 0. The maximum absolute atomic E-state index is 8.63. The molecule has 1 unspecified atom stereocenters. The molecule has 0 aromatic rings. The van der Waals surface area contributed by atoms with Crippen LogP contribution in [-0.4, -0.2) is 17.8 Å². The summed E-state index contributed by atoms with van der Waals surface area (Å²) >= 11 is 0. The summed E-state index contributed by atoms with van der Waals surface area (Å²) in [6, 6.07) is 0.368. The van der Waals surface area contributed by atoms with Gasteiger partial charge >= 0.3 is 0 Å². The quantitative estimate of drug-likeness (QED) is 0.509. The third kappa shape index (κ3) is 1.20. The van der Waals surface area contributed by atoms with E-state index in [-0.39, 0.29) is 0 Å². The summed E-state index contributed by atoms with van der Waals surface area (Å²) in [4.78, 5) is 0. The molecule has 8 heavy (non-hydrogen) atoms. The van der Waals surface area contributed by atoms with E-state index in [1.165, 1.54) is 0 Å². The SMILES string of the molecule is N[C@@H]1CCC(CO)C1. The Hall–Kier alpha value is -0.0800. The topological polar surface area (TPSA) is 46.2 Å². The number of hydrogen-bond acceptors (Lipinski definition) is 2. The fourth-order valence-corrected chi connectivity index (χ4v) is 1.28. The molecule has 0 spiro atoms. The number of nitrogens with two attached hydrogens (primary N) is 1. The second kappa shape index (κ2) is 2.46. The molecule has 0 bridgehead atoms. The predicted octanol–water partition coefficient (Wildman–Crippen LogP) is 0.106. The largest absolute Gasteiger partial charge is 0.396 e. The van der Waals surface area contributed by atoms with Gasteiger partial charge in [0.05, 0.1) is 0 Å². The maximum Gasteiger partial charge on any atom is 0.0459 e. The van der Waals surface area contributed by atoms with E-state index in [0.717, 1.165) is 19.3 Å². The van der Waals surface area contributed by atoms with Crippen LogP contribution in [0.15, 0.2) is 0 Å². The first-order chi connectivity index (χ1) is 3.83. The van der Waals surface area contributed by atoms with Gasteiger partial charge in [0.1, 0.15) is 0 Å². The van der Waals surface area contributed by atoms with Crippen molar-refractivity contribution in [3.63, 3.8) is 0 Å². The summed E-state index contributed by atoms with van der Waals surface area (Å²) in [6.07, 6.45) is 3.25. The van der Waals surface area contributed by atoms with Crippen molar-refractivity contribution in [3.05, 3.63) is 0 Å². The Morgan fingerprint density at radius 3 is 2.50 bits per heavy atom. The molecule has 2 heteroatoms. The Kier molecular flexibility index (Phi) is 1.86. The summed E-state index contributed by atoms with van der Waals surface area (Å²) in [5.74, 6) is 0.505. The van der Waals surface area contributed by atoms with Crippen molar-refractivity contribution in [2.24, 2.45) is 11.7 Å². The molecule has 1 saturated carbocycles. The summed E-state index contributed by atoms with van der Waals surface area (Å²) in [5, 5.41) is 8.63. The Morgan fingerprint density at radius 1 is 1.50 bits per heavy atom. The molecule has 1 fully saturated rings. The highest BCUT2D eigenvalue weighted by Gasteiger charge is 2.19. The molecule has 0 aromatic carbocycles. The van der Waals surface area contributed by atoms with Crippen LogP contribution in [0.5, 0.6) is 0 Å². The van der Waals surface area contributed by atoms with Crippen LogP contribution in [0.1, 0.15) is 19.3 Å². The Morgan fingerprint density at radius 2 is 2.25 bits per heavy atom. The lowest BCUT2D eigenvalue weighted by atomic mass is 10.1. The van der Waals surface area contributed by atoms with Crippen molar-refractivity contribution in [1.82, 2.24) is 0 Å². The van der Waals surface area contributed by atoms with E-state index < -0.39 is 0 Å². The van der Waals surface area contributed by atoms with Gasteiger partial charge in [0.2, 0.25) is 0 Å². The first-order valence-corrected chi connectivity index (χ1v) is 3.19. The number of hydrogen-bond donors (Lipinski definition) is 2. The molecular weight excluding hydrogens is 102 g/mol. The zero-order valence-electron chi connectivity index (χ0n) is 5.01. The van der Waals surface area contributed by atoms with E-state index >= 15 is 0 Å². The van der Waals surface area contributed by atoms with Crippen molar-refractivity contribution in [1.29, 1.82) is 0 Å². The molecule has 0 radical (unpaired) electrons. The van der Waals surface area contributed by atoms with Gasteiger partial charge in [0.25, 0.3) is 0 Å². The van der Waals surface area contributed by atoms with Gasteiger partial charge in [-0.25, -0.2) is 0 Å². The zero-order chi connectivity index (χ0) is 5.98. The highest BCUT2D eigenvalue weighted by molar-refractivity contribution is 4.76. The monoisotopic (exact) mass is 115 g/mol. The first kappa shape index (κ1) is 6.05. The molecule has 2 atom stereocenters. The number of rotatable bonds is 1. The standard InChI is InChI=1S/C6H13NO/c7-6-2-1-5(3-6)4-8/h5-6,8H,1-4,7H2/t5?,6-/m1/s1. The van der Waals surface area contributed by atoms with Gasteiger partial charge in [0, 0.05) is 12.6 Å². The summed E-state index contributed by atoms with van der Waals surface area (Å²) in [7, 11) is 0. The maximum atomic E-state index is 8.63. The van der Waals surface area contributed by atoms with E-state index in [9.17, 15) is 0 Å². The van der Waals surface area contributed by atoms with Gasteiger partial charge in [-0.15, -0.1) is 0 Å². The Balaban J connectivity index is 2.22. The van der Waals surface area contributed by atoms with Gasteiger partial charge in [-0.2, -0.15) is 0 Å². The minimum absolute atomic E-state index is 0.327. The van der Waals surface area contributed by atoms with E-state index in [1.54, 1.807) is 0 Å². The normalized spacial score (nSPS) is 38.2. The molecule has 0 saturated heterocycles. The van der Waals surface area contributed by atoms with Crippen LogP contribution >= 0.6 is 0 Å². The molecule has 1 aliphatic carbocycles. The molecule has 0 aromatic heterocycles. The molecule has 1 rings (SSSR count). The van der Waals surface area contributed by atoms with Crippen LogP contribution in [0.3, 0.4) is 0 Å². The third-order valence-electron chi connectivity index (χ3n) is 1.84. The minimum atomic E-state index is 0.327. The summed E-state index contributed by atoms with van der Waals surface area (Å²) in [5.41, 5.74) is 5.59. The van der Waals surface area contributed by atoms with Crippen LogP contribution in [0, 0.1) is 5.92 Å². The van der Waals surface area contributed by atoms with Crippen molar-refractivity contribution in [2.75, 3.05) is 6.61 Å². The van der Waals surface area contributed by atoms with Crippen LogP contribution in [0.4, 0.5) is 0 Å². The van der Waals surface area contributed by atoms with Crippen molar-refractivity contribution >= 4 is 0 Å². The van der Waals surface area contributed by atoms with Crippen LogP contribution < -0.4 is 5.73 Å². The molecule has 0 amide bonds. The number of aliphatic hydroxyl groups is 1. The summed E-state index contributed by atoms with van der Waals surface area (Å²) in [6.45, 7) is 0.327. The highest BCUT2D eigenvalue weighted by Crippen LogP contribution is 2.22. The molecule has 2 nitrogen and oxygen atoms in total. The lowest BCUT2D eigenvalue weighted by Crippen LogP contribution is -2.15. The minimum Gasteiger partial charge on any atom is -0.396 e. The molecule has 3 N–H and O–H groups in total. The average Bonchev–Trinajstić information content (AvgIpc) is 2.14. The first-order valence-electron chi connectivity index (χ1n) is 3.19. The van der Waals surface area contributed by atoms with Gasteiger partial charge in [-0.05, 0) is 25.2 Å². The number of aliphatic hydroxyl groups excluding tert-OH is 1. The second-order valence-corrected chi connectivity index (χ2v) is 2.62. The third-order valence-corrected chi connectivity index (χ3v) is 1.84. The van der Waals surface area contributed by atoms with Crippen LogP contribution in [0.2, 0.25) is 0 Å². The average molecular weight is 115 g/mol. The van der Waals surface area contributed by atoms with Crippen molar-refractivity contribution in [3.8, 4) is 0 Å². The van der Waals surface area contributed by atoms with E-state index in [0.29, 0.717) is 18.6 Å². The lowest BCUT2D eigenvalue weighted by Gasteiger charge is -2.01. The molecule has 0 heterocycles. The fourth-order valence-electron chi connectivity index (χ4n) is 1.28. The highest BCUT2D eigenvalue weighted by atomic mass is 16.3. The second-order valence-electron chi connectivity index (χ2n) is 2.62. The van der Waals surface area contributed by atoms with Crippen LogP contribution in [0.25, 0.3) is 0 Å². The molecule has 48 valence electrons. The van der Waals surface area contributed by atoms with E-state index in [2.05, 4.69) is 0 Å². The Labute approximate surface area is 49.7 Å². The van der Waals surface area contributed by atoms with Gasteiger partial charge in [0.15, 0.2) is 0 Å². The zero-order valence-corrected chi connectivity index (χ0v) is 5.01. The van der Waals surface area contributed by atoms with Crippen molar-refractivity contribution < 1.29 is 5.11 Å². The van der Waals surface area contributed by atoms with Gasteiger partial charge in [-0.3, -0.25) is 0 Å². The smallest absolute Gasteiger partial charge is 0.0459 e. The van der Waals surface area contributed by atoms with Gasteiger partial charge < -0.3 is 10.8 Å². The van der Waals surface area contributed by atoms with E-state index in [1.807, 2.05) is 0 Å². The van der Waals surface area contributed by atoms with Gasteiger partial charge in [-0.1, -0.05) is 0 Å². The molecule has 0 aliphatic heterocycles.